The first-order valence-corrected chi connectivity index (χ1v) is 5.03. The van der Waals surface area contributed by atoms with Crippen LogP contribution >= 0.6 is 0 Å². The summed E-state index contributed by atoms with van der Waals surface area (Å²) >= 11 is 0. The minimum absolute atomic E-state index is 0.360. The van der Waals surface area contributed by atoms with Crippen LogP contribution in [-0.2, 0) is 4.84 Å². The van der Waals surface area contributed by atoms with Gasteiger partial charge in [-0.3, -0.25) is 4.84 Å². The van der Waals surface area contributed by atoms with Crippen LogP contribution in [0.25, 0.3) is 0 Å². The molecule has 0 aromatic heterocycles. The number of hydrogen-bond acceptors (Lipinski definition) is 2. The van der Waals surface area contributed by atoms with E-state index in [1.807, 2.05) is 0 Å². The molecule has 0 amide bonds. The molecule has 0 bridgehead atoms. The van der Waals surface area contributed by atoms with Gasteiger partial charge < -0.3 is 0 Å². The van der Waals surface area contributed by atoms with Gasteiger partial charge in [0.05, 0.1) is 0 Å². The monoisotopic (exact) mass is 181 g/mol. The maximum absolute atomic E-state index is 5.13. The van der Waals surface area contributed by atoms with Crippen LogP contribution < -0.4 is 5.48 Å². The molecule has 0 aromatic rings. The van der Waals surface area contributed by atoms with Gasteiger partial charge in [-0.25, -0.2) is 0 Å². The van der Waals surface area contributed by atoms with E-state index in [1.54, 1.807) is 0 Å². The smallest absolute Gasteiger partial charge is 0.128 e. The maximum atomic E-state index is 5.13. The Labute approximate surface area is 81.0 Å². The lowest BCUT2D eigenvalue weighted by molar-refractivity contribution is 0.0148. The SMILES string of the molecule is C#CCONC1CC(C)CC(C)C1. The molecule has 2 unspecified atom stereocenters. The summed E-state index contributed by atoms with van der Waals surface area (Å²) in [6, 6.07) is 0.493. The van der Waals surface area contributed by atoms with Gasteiger partial charge in [0.15, 0.2) is 0 Å². The molecule has 0 spiro atoms. The van der Waals surface area contributed by atoms with Crippen LogP contribution in [0.1, 0.15) is 33.1 Å². The van der Waals surface area contributed by atoms with Crippen molar-refractivity contribution in [1.82, 2.24) is 5.48 Å². The summed E-state index contributed by atoms with van der Waals surface area (Å²) < 4.78 is 0. The summed E-state index contributed by atoms with van der Waals surface area (Å²) in [5.41, 5.74) is 3.04. The third-order valence-electron chi connectivity index (χ3n) is 2.58. The predicted octanol–water partition coefficient (Wildman–Crippen LogP) is 1.97. The number of terminal acetylenes is 1. The van der Waals surface area contributed by atoms with Gasteiger partial charge in [-0.05, 0) is 31.1 Å². The third-order valence-corrected chi connectivity index (χ3v) is 2.58. The summed E-state index contributed by atoms with van der Waals surface area (Å²) in [6.45, 7) is 4.95. The highest BCUT2D eigenvalue weighted by Crippen LogP contribution is 2.28. The van der Waals surface area contributed by atoms with E-state index in [1.165, 1.54) is 19.3 Å². The molecule has 0 heterocycles. The Morgan fingerprint density at radius 3 is 2.46 bits per heavy atom. The lowest BCUT2D eigenvalue weighted by Gasteiger charge is -2.31. The first kappa shape index (κ1) is 10.6. The molecule has 74 valence electrons. The molecule has 1 aliphatic rings. The van der Waals surface area contributed by atoms with E-state index in [-0.39, 0.29) is 0 Å². The summed E-state index contributed by atoms with van der Waals surface area (Å²) in [4.78, 5) is 5.13. The fraction of sp³-hybridized carbons (Fsp3) is 0.818. The Bertz CT molecular complexity index is 175. The minimum Gasteiger partial charge on any atom is -0.289 e. The standard InChI is InChI=1S/C11H19NO/c1-4-5-13-12-11-7-9(2)6-10(3)8-11/h1,9-12H,5-8H2,2-3H3. The number of nitrogens with one attached hydrogen (secondary N) is 1. The Morgan fingerprint density at radius 2 is 1.92 bits per heavy atom. The second-order valence-electron chi connectivity index (χ2n) is 4.23. The number of hydroxylamine groups is 1. The van der Waals surface area contributed by atoms with Crippen LogP contribution in [0.4, 0.5) is 0 Å². The fourth-order valence-electron chi connectivity index (χ4n) is 2.24. The molecule has 1 N–H and O–H groups in total. The van der Waals surface area contributed by atoms with Gasteiger partial charge in [0, 0.05) is 6.04 Å². The molecule has 2 nitrogen and oxygen atoms in total. The minimum atomic E-state index is 0.360. The topological polar surface area (TPSA) is 21.3 Å². The molecule has 0 aromatic carbocycles. The van der Waals surface area contributed by atoms with Crippen molar-refractivity contribution in [3.8, 4) is 12.3 Å². The molecule has 1 rings (SSSR count). The molecular formula is C11H19NO. The van der Waals surface area contributed by atoms with Gasteiger partial charge in [0.25, 0.3) is 0 Å². The maximum Gasteiger partial charge on any atom is 0.128 e. The highest BCUT2D eigenvalue weighted by Gasteiger charge is 2.23. The van der Waals surface area contributed by atoms with E-state index in [0.29, 0.717) is 12.6 Å². The van der Waals surface area contributed by atoms with Crippen molar-refractivity contribution in [3.63, 3.8) is 0 Å². The lowest BCUT2D eigenvalue weighted by Crippen LogP contribution is -2.36. The highest BCUT2D eigenvalue weighted by molar-refractivity contribution is 4.83. The average Bonchev–Trinajstić information content (AvgIpc) is 2.03. The Hall–Kier alpha value is -0.520. The quantitative estimate of drug-likeness (QED) is 0.408. The Balaban J connectivity index is 2.22. The van der Waals surface area contributed by atoms with Crippen molar-refractivity contribution in [1.29, 1.82) is 0 Å². The summed E-state index contributed by atoms with van der Waals surface area (Å²) in [6.07, 6.45) is 8.83. The molecule has 0 aliphatic heterocycles. The fourth-order valence-corrected chi connectivity index (χ4v) is 2.24. The van der Waals surface area contributed by atoms with Crippen molar-refractivity contribution in [2.45, 2.75) is 39.2 Å². The second-order valence-corrected chi connectivity index (χ2v) is 4.23. The Kier molecular flexibility index (Phi) is 4.27. The zero-order chi connectivity index (χ0) is 9.68. The summed E-state index contributed by atoms with van der Waals surface area (Å²) in [5.74, 6) is 4.05. The first-order valence-electron chi connectivity index (χ1n) is 5.03. The molecule has 1 aliphatic carbocycles. The van der Waals surface area contributed by atoms with Crippen molar-refractivity contribution in [2.24, 2.45) is 11.8 Å². The summed E-state index contributed by atoms with van der Waals surface area (Å²) in [5, 5.41) is 0. The van der Waals surface area contributed by atoms with Crippen molar-refractivity contribution >= 4 is 0 Å². The van der Waals surface area contributed by atoms with E-state index in [4.69, 9.17) is 11.3 Å². The van der Waals surface area contributed by atoms with Gasteiger partial charge in [0.1, 0.15) is 6.61 Å². The second kappa shape index (κ2) is 5.26. The molecule has 2 heteroatoms. The largest absolute Gasteiger partial charge is 0.289 e. The average molecular weight is 181 g/mol. The molecule has 1 saturated carbocycles. The van der Waals surface area contributed by atoms with Crippen molar-refractivity contribution in [2.75, 3.05) is 6.61 Å². The van der Waals surface area contributed by atoms with E-state index in [0.717, 1.165) is 11.8 Å². The van der Waals surface area contributed by atoms with E-state index in [2.05, 4.69) is 25.2 Å². The van der Waals surface area contributed by atoms with E-state index < -0.39 is 0 Å². The van der Waals surface area contributed by atoms with E-state index in [9.17, 15) is 0 Å². The van der Waals surface area contributed by atoms with Crippen LogP contribution in [0.2, 0.25) is 0 Å². The predicted molar refractivity (Wildman–Crippen MR) is 53.9 cm³/mol. The zero-order valence-electron chi connectivity index (χ0n) is 8.55. The van der Waals surface area contributed by atoms with Crippen LogP contribution in [-0.4, -0.2) is 12.6 Å². The van der Waals surface area contributed by atoms with Gasteiger partial charge in [-0.15, -0.1) is 6.42 Å². The van der Waals surface area contributed by atoms with Gasteiger partial charge in [0.2, 0.25) is 0 Å². The van der Waals surface area contributed by atoms with Gasteiger partial charge >= 0.3 is 0 Å². The van der Waals surface area contributed by atoms with Crippen molar-refractivity contribution in [3.05, 3.63) is 0 Å². The molecule has 13 heavy (non-hydrogen) atoms. The first-order chi connectivity index (χ1) is 6.22. The normalized spacial score (nSPS) is 34.1. The highest BCUT2D eigenvalue weighted by atomic mass is 16.6. The molecule has 0 radical (unpaired) electrons. The number of rotatable bonds is 3. The summed E-state index contributed by atoms with van der Waals surface area (Å²) in [7, 11) is 0. The van der Waals surface area contributed by atoms with Gasteiger partial charge in [-0.1, -0.05) is 19.8 Å². The zero-order valence-corrected chi connectivity index (χ0v) is 8.55. The number of hydrogen-bond donors (Lipinski definition) is 1. The van der Waals surface area contributed by atoms with Crippen LogP contribution in [0, 0.1) is 24.2 Å². The van der Waals surface area contributed by atoms with Gasteiger partial charge in [-0.2, -0.15) is 5.48 Å². The molecule has 0 saturated heterocycles. The van der Waals surface area contributed by atoms with Crippen molar-refractivity contribution < 1.29 is 4.84 Å². The Morgan fingerprint density at radius 1 is 1.31 bits per heavy atom. The third kappa shape index (κ3) is 3.80. The van der Waals surface area contributed by atoms with Crippen LogP contribution in [0.15, 0.2) is 0 Å². The molecule has 1 fully saturated rings. The van der Waals surface area contributed by atoms with Crippen LogP contribution in [0.3, 0.4) is 0 Å². The van der Waals surface area contributed by atoms with E-state index >= 15 is 0 Å². The molecule has 2 atom stereocenters. The van der Waals surface area contributed by atoms with Crippen LogP contribution in [0.5, 0.6) is 0 Å². The molecular weight excluding hydrogens is 162 g/mol. The lowest BCUT2D eigenvalue weighted by atomic mass is 9.81.